The fourth-order valence-corrected chi connectivity index (χ4v) is 4.38. The molecule has 0 heterocycles. The molecule has 0 saturated heterocycles. The quantitative estimate of drug-likeness (QED) is 0.511. The molecule has 0 aliphatic heterocycles. The Morgan fingerprint density at radius 3 is 1.79 bits per heavy atom. The number of hydrogen-bond donors (Lipinski definition) is 1. The lowest BCUT2D eigenvalue weighted by Gasteiger charge is -2.34. The predicted molar refractivity (Wildman–Crippen MR) is 123 cm³/mol. The van der Waals surface area contributed by atoms with Crippen LogP contribution in [-0.2, 0) is 5.41 Å². The van der Waals surface area contributed by atoms with Gasteiger partial charge in [-0.3, -0.25) is 0 Å². The zero-order valence-electron chi connectivity index (χ0n) is 18.9. The maximum atomic E-state index is 10.6. The molecular weight excluding hydrogens is 340 g/mol. The van der Waals surface area contributed by atoms with Gasteiger partial charge in [0, 0.05) is 5.41 Å². The SMILES string of the molecule is CCC(O)(C=Cc1ccc(C(CC)(CC)c2cc(C)cc(C)c2)cc1C)CC. The molecular formula is C27H38O. The van der Waals surface area contributed by atoms with Gasteiger partial charge in [0.05, 0.1) is 5.60 Å². The molecule has 2 rings (SSSR count). The number of benzene rings is 2. The summed E-state index contributed by atoms with van der Waals surface area (Å²) in [7, 11) is 0. The Bertz CT molecular complexity index is 800. The molecule has 0 fully saturated rings. The van der Waals surface area contributed by atoms with Gasteiger partial charge in [-0.2, -0.15) is 0 Å². The van der Waals surface area contributed by atoms with Crippen molar-refractivity contribution in [2.45, 2.75) is 85.2 Å². The van der Waals surface area contributed by atoms with Gasteiger partial charge in [-0.25, -0.2) is 0 Å². The molecule has 1 nitrogen and oxygen atoms in total. The summed E-state index contributed by atoms with van der Waals surface area (Å²) in [6.45, 7) is 15.2. The molecule has 0 aromatic heterocycles. The Kier molecular flexibility index (Phi) is 7.28. The minimum atomic E-state index is -0.708. The summed E-state index contributed by atoms with van der Waals surface area (Å²) in [4.78, 5) is 0. The van der Waals surface area contributed by atoms with E-state index in [4.69, 9.17) is 0 Å². The average molecular weight is 379 g/mol. The van der Waals surface area contributed by atoms with Gasteiger partial charge in [-0.15, -0.1) is 0 Å². The van der Waals surface area contributed by atoms with Crippen LogP contribution in [0.5, 0.6) is 0 Å². The van der Waals surface area contributed by atoms with Crippen molar-refractivity contribution >= 4 is 6.08 Å². The first-order valence-electron chi connectivity index (χ1n) is 10.8. The van der Waals surface area contributed by atoms with E-state index in [2.05, 4.69) is 77.1 Å². The number of hydrogen-bond acceptors (Lipinski definition) is 1. The number of aryl methyl sites for hydroxylation is 3. The van der Waals surface area contributed by atoms with E-state index in [0.29, 0.717) is 0 Å². The third kappa shape index (κ3) is 4.58. The molecule has 0 aliphatic carbocycles. The molecule has 0 radical (unpaired) electrons. The predicted octanol–water partition coefficient (Wildman–Crippen LogP) is 7.28. The first kappa shape index (κ1) is 22.4. The first-order chi connectivity index (χ1) is 13.2. The summed E-state index contributed by atoms with van der Waals surface area (Å²) in [6.07, 6.45) is 7.67. The highest BCUT2D eigenvalue weighted by atomic mass is 16.3. The van der Waals surface area contributed by atoms with Crippen LogP contribution in [0, 0.1) is 20.8 Å². The summed E-state index contributed by atoms with van der Waals surface area (Å²) in [6, 6.07) is 13.8. The average Bonchev–Trinajstić information content (AvgIpc) is 2.68. The Morgan fingerprint density at radius 2 is 1.32 bits per heavy atom. The molecule has 0 bridgehead atoms. The second kappa shape index (κ2) is 9.09. The van der Waals surface area contributed by atoms with Crippen LogP contribution >= 0.6 is 0 Å². The van der Waals surface area contributed by atoms with E-state index < -0.39 is 5.60 Å². The summed E-state index contributed by atoms with van der Waals surface area (Å²) in [5, 5.41) is 10.6. The zero-order valence-corrected chi connectivity index (χ0v) is 18.9. The Balaban J connectivity index is 2.50. The van der Waals surface area contributed by atoms with Gasteiger partial charge >= 0.3 is 0 Å². The molecule has 0 unspecified atom stereocenters. The second-order valence-electron chi connectivity index (χ2n) is 8.38. The molecule has 2 aromatic carbocycles. The monoisotopic (exact) mass is 378 g/mol. The second-order valence-corrected chi connectivity index (χ2v) is 8.38. The fraction of sp³-hybridized carbons (Fsp3) is 0.481. The van der Waals surface area contributed by atoms with Crippen molar-refractivity contribution in [1.82, 2.24) is 0 Å². The highest BCUT2D eigenvalue weighted by Crippen LogP contribution is 2.40. The van der Waals surface area contributed by atoms with E-state index in [1.165, 1.54) is 33.4 Å². The van der Waals surface area contributed by atoms with Gasteiger partial charge in [0.15, 0.2) is 0 Å². The van der Waals surface area contributed by atoms with Crippen molar-refractivity contribution in [3.8, 4) is 0 Å². The van der Waals surface area contributed by atoms with Crippen LogP contribution in [0.3, 0.4) is 0 Å². The van der Waals surface area contributed by atoms with Crippen molar-refractivity contribution in [3.63, 3.8) is 0 Å². The van der Waals surface area contributed by atoms with Crippen LogP contribution in [-0.4, -0.2) is 10.7 Å². The Labute approximate surface area is 172 Å². The van der Waals surface area contributed by atoms with E-state index in [-0.39, 0.29) is 5.41 Å². The van der Waals surface area contributed by atoms with E-state index in [0.717, 1.165) is 25.7 Å². The van der Waals surface area contributed by atoms with Gasteiger partial charge < -0.3 is 5.11 Å². The Hall–Kier alpha value is -1.86. The standard InChI is InChI=1S/C27H38O/c1-8-26(28,9-2)15-14-23-12-13-24(19-22(23)7)27(10-3,11-4)25-17-20(5)16-21(6)18-25/h12-19,28H,8-11H2,1-7H3. The topological polar surface area (TPSA) is 20.2 Å². The van der Waals surface area contributed by atoms with Crippen LogP contribution in [0.1, 0.15) is 86.8 Å². The summed E-state index contributed by atoms with van der Waals surface area (Å²) in [5.41, 5.74) is 7.25. The van der Waals surface area contributed by atoms with Crippen molar-refractivity contribution in [3.05, 3.63) is 75.9 Å². The van der Waals surface area contributed by atoms with Gasteiger partial charge in [0.25, 0.3) is 0 Å². The molecule has 1 heteroatoms. The third-order valence-corrected chi connectivity index (χ3v) is 6.60. The van der Waals surface area contributed by atoms with Gasteiger partial charge in [-0.05, 0) is 68.7 Å². The van der Waals surface area contributed by atoms with Crippen LogP contribution in [0.4, 0.5) is 0 Å². The van der Waals surface area contributed by atoms with Crippen molar-refractivity contribution in [2.75, 3.05) is 0 Å². The van der Waals surface area contributed by atoms with Crippen molar-refractivity contribution in [1.29, 1.82) is 0 Å². The molecule has 28 heavy (non-hydrogen) atoms. The normalized spacial score (nSPS) is 12.7. The molecule has 152 valence electrons. The van der Waals surface area contributed by atoms with Crippen LogP contribution < -0.4 is 0 Å². The van der Waals surface area contributed by atoms with Crippen molar-refractivity contribution < 1.29 is 5.11 Å². The molecule has 1 N–H and O–H groups in total. The van der Waals surface area contributed by atoms with Gasteiger partial charge in [0.1, 0.15) is 0 Å². The smallest absolute Gasteiger partial charge is 0.0825 e. The number of aliphatic hydroxyl groups is 1. The van der Waals surface area contributed by atoms with E-state index in [1.807, 2.05) is 19.9 Å². The molecule has 0 spiro atoms. The molecule has 2 aromatic rings. The number of rotatable bonds is 8. The van der Waals surface area contributed by atoms with Crippen LogP contribution in [0.15, 0.2) is 42.5 Å². The fourth-order valence-electron chi connectivity index (χ4n) is 4.38. The van der Waals surface area contributed by atoms with E-state index in [1.54, 1.807) is 0 Å². The highest BCUT2D eigenvalue weighted by molar-refractivity contribution is 5.57. The maximum Gasteiger partial charge on any atom is 0.0825 e. The highest BCUT2D eigenvalue weighted by Gasteiger charge is 2.31. The molecule has 0 amide bonds. The minimum absolute atomic E-state index is 0.0390. The van der Waals surface area contributed by atoms with E-state index in [9.17, 15) is 5.11 Å². The zero-order chi connectivity index (χ0) is 20.9. The summed E-state index contributed by atoms with van der Waals surface area (Å²) >= 11 is 0. The van der Waals surface area contributed by atoms with Gasteiger partial charge in [-0.1, -0.05) is 87.4 Å². The minimum Gasteiger partial charge on any atom is -0.386 e. The van der Waals surface area contributed by atoms with Crippen molar-refractivity contribution in [2.24, 2.45) is 0 Å². The lowest BCUT2D eigenvalue weighted by molar-refractivity contribution is 0.0836. The molecule has 0 aliphatic rings. The summed E-state index contributed by atoms with van der Waals surface area (Å²) in [5.74, 6) is 0. The Morgan fingerprint density at radius 1 is 0.750 bits per heavy atom. The van der Waals surface area contributed by atoms with Crippen LogP contribution in [0.25, 0.3) is 6.08 Å². The summed E-state index contributed by atoms with van der Waals surface area (Å²) < 4.78 is 0. The third-order valence-electron chi connectivity index (χ3n) is 6.60. The maximum absolute atomic E-state index is 10.6. The largest absolute Gasteiger partial charge is 0.386 e. The lowest BCUT2D eigenvalue weighted by Crippen LogP contribution is -2.26. The molecule has 0 atom stereocenters. The van der Waals surface area contributed by atoms with E-state index >= 15 is 0 Å². The molecule has 0 saturated carbocycles. The first-order valence-corrected chi connectivity index (χ1v) is 10.8. The van der Waals surface area contributed by atoms with Gasteiger partial charge in [0.2, 0.25) is 0 Å². The lowest BCUT2D eigenvalue weighted by atomic mass is 9.69. The van der Waals surface area contributed by atoms with Crippen LogP contribution in [0.2, 0.25) is 0 Å².